The van der Waals surface area contributed by atoms with Crippen molar-refractivity contribution in [2.45, 2.75) is 31.7 Å². The van der Waals surface area contributed by atoms with Crippen LogP contribution in [-0.4, -0.2) is 26.8 Å². The molecule has 2 amide bonds. The second kappa shape index (κ2) is 11.5. The van der Waals surface area contributed by atoms with E-state index in [4.69, 9.17) is 46.4 Å². The van der Waals surface area contributed by atoms with Gasteiger partial charge in [0, 0.05) is 29.8 Å². The maximum atomic E-state index is 13.1. The van der Waals surface area contributed by atoms with Gasteiger partial charge in [-0.1, -0.05) is 65.0 Å². The van der Waals surface area contributed by atoms with Crippen molar-refractivity contribution in [2.75, 3.05) is 5.32 Å². The minimum atomic E-state index is -0.507. The number of phenolic OH excluding ortho intramolecular Hbond substituents is 1. The Morgan fingerprint density at radius 2 is 1.67 bits per heavy atom. The van der Waals surface area contributed by atoms with Crippen molar-refractivity contribution in [3.8, 4) is 17.0 Å². The first-order chi connectivity index (χ1) is 18.7. The molecule has 1 fully saturated rings. The van der Waals surface area contributed by atoms with Crippen LogP contribution in [0.3, 0.4) is 0 Å². The Kier molecular flexibility index (Phi) is 8.05. The summed E-state index contributed by atoms with van der Waals surface area (Å²) in [5.74, 6) is -0.421. The van der Waals surface area contributed by atoms with Crippen molar-refractivity contribution in [1.82, 2.24) is 15.1 Å². The van der Waals surface area contributed by atoms with Crippen LogP contribution in [-0.2, 0) is 6.54 Å². The van der Waals surface area contributed by atoms with E-state index >= 15 is 0 Å². The molecule has 0 radical (unpaired) electrons. The molecule has 39 heavy (non-hydrogen) atoms. The fraction of sp³-hybridized carbons (Fsp3) is 0.179. The van der Waals surface area contributed by atoms with Crippen molar-refractivity contribution in [3.05, 3.63) is 97.6 Å². The molecular weight excluding hydrogens is 582 g/mol. The molecule has 0 aliphatic heterocycles. The second-order valence-electron chi connectivity index (χ2n) is 9.18. The van der Waals surface area contributed by atoms with Crippen LogP contribution in [0.5, 0.6) is 5.75 Å². The molecule has 1 aliphatic carbocycles. The lowest BCUT2D eigenvalue weighted by atomic mass is 9.82. The van der Waals surface area contributed by atoms with Crippen molar-refractivity contribution < 1.29 is 14.7 Å². The van der Waals surface area contributed by atoms with Crippen molar-refractivity contribution >= 4 is 64.0 Å². The first-order valence-electron chi connectivity index (χ1n) is 12.1. The summed E-state index contributed by atoms with van der Waals surface area (Å²) >= 11 is 24.3. The van der Waals surface area contributed by atoms with Gasteiger partial charge in [0.15, 0.2) is 0 Å². The van der Waals surface area contributed by atoms with Crippen LogP contribution in [0.4, 0.5) is 10.5 Å². The number of nitrogens with one attached hydrogen (secondary N) is 2. The summed E-state index contributed by atoms with van der Waals surface area (Å²) in [6.45, 7) is 0.240. The van der Waals surface area contributed by atoms with Gasteiger partial charge < -0.3 is 15.7 Å². The molecular formula is C28H22Cl4N4O3. The number of carbonyl (C=O) groups is 2. The molecule has 0 atom stereocenters. The highest BCUT2D eigenvalue weighted by molar-refractivity contribution is 6.42. The first kappa shape index (κ1) is 27.3. The summed E-state index contributed by atoms with van der Waals surface area (Å²) in [5, 5.41) is 22.2. The molecule has 0 bridgehead atoms. The predicted octanol–water partition coefficient (Wildman–Crippen LogP) is 8.15. The normalized spacial score (nSPS) is 13.1. The molecule has 0 spiro atoms. The summed E-state index contributed by atoms with van der Waals surface area (Å²) in [6, 6.07) is 16.0. The van der Waals surface area contributed by atoms with Gasteiger partial charge in [0.05, 0.1) is 37.0 Å². The number of phenols is 1. The van der Waals surface area contributed by atoms with Gasteiger partial charge in [0.2, 0.25) is 0 Å². The minimum Gasteiger partial charge on any atom is -0.507 e. The highest BCUT2D eigenvalue weighted by Gasteiger charge is 2.27. The molecule has 11 heteroatoms. The number of benzene rings is 3. The number of carbonyl (C=O) groups excluding carboxylic acids is 2. The smallest absolute Gasteiger partial charge is 0.342 e. The van der Waals surface area contributed by atoms with E-state index in [0.29, 0.717) is 27.0 Å². The molecule has 200 valence electrons. The second-order valence-corrected chi connectivity index (χ2v) is 10.8. The average Bonchev–Trinajstić information content (AvgIpc) is 3.28. The van der Waals surface area contributed by atoms with E-state index in [9.17, 15) is 14.7 Å². The number of hydrogen-bond donors (Lipinski definition) is 3. The minimum absolute atomic E-state index is 0.112. The van der Waals surface area contributed by atoms with Gasteiger partial charge in [0.25, 0.3) is 5.91 Å². The largest absolute Gasteiger partial charge is 0.507 e. The fourth-order valence-electron chi connectivity index (χ4n) is 4.32. The van der Waals surface area contributed by atoms with E-state index in [1.165, 1.54) is 10.7 Å². The van der Waals surface area contributed by atoms with Crippen molar-refractivity contribution in [2.24, 2.45) is 0 Å². The third kappa shape index (κ3) is 5.87. The Morgan fingerprint density at radius 3 is 2.31 bits per heavy atom. The molecule has 0 unspecified atom stereocenters. The topological polar surface area (TPSA) is 96.3 Å². The molecule has 3 aromatic carbocycles. The van der Waals surface area contributed by atoms with Crippen LogP contribution in [0.2, 0.25) is 20.1 Å². The average molecular weight is 604 g/mol. The molecule has 1 aliphatic rings. The Morgan fingerprint density at radius 1 is 0.923 bits per heavy atom. The van der Waals surface area contributed by atoms with E-state index in [1.54, 1.807) is 48.5 Å². The number of rotatable bonds is 6. The highest BCUT2D eigenvalue weighted by Crippen LogP contribution is 2.39. The lowest BCUT2D eigenvalue weighted by Crippen LogP contribution is -2.31. The van der Waals surface area contributed by atoms with E-state index in [0.717, 1.165) is 30.5 Å². The van der Waals surface area contributed by atoms with Gasteiger partial charge in [-0.3, -0.25) is 4.79 Å². The molecule has 1 saturated carbocycles. The predicted molar refractivity (Wildman–Crippen MR) is 154 cm³/mol. The van der Waals surface area contributed by atoms with Gasteiger partial charge in [-0.05, 0) is 60.9 Å². The van der Waals surface area contributed by atoms with Crippen LogP contribution in [0.25, 0.3) is 11.3 Å². The van der Waals surface area contributed by atoms with Gasteiger partial charge in [-0.15, -0.1) is 0 Å². The van der Waals surface area contributed by atoms with E-state index in [1.807, 2.05) is 6.07 Å². The summed E-state index contributed by atoms with van der Waals surface area (Å²) in [7, 11) is 0. The van der Waals surface area contributed by atoms with E-state index < -0.39 is 11.9 Å². The maximum absolute atomic E-state index is 13.1. The Balaban J connectivity index is 1.37. The zero-order valence-electron chi connectivity index (χ0n) is 20.3. The van der Waals surface area contributed by atoms with Crippen LogP contribution in [0.15, 0.2) is 60.7 Å². The first-order valence-corrected chi connectivity index (χ1v) is 13.6. The van der Waals surface area contributed by atoms with Crippen molar-refractivity contribution in [1.29, 1.82) is 0 Å². The number of halogens is 4. The molecule has 0 saturated heterocycles. The van der Waals surface area contributed by atoms with Crippen molar-refractivity contribution in [3.63, 3.8) is 0 Å². The number of amides is 2. The molecule has 1 heterocycles. The fourth-order valence-corrected chi connectivity index (χ4v) is 5.21. The zero-order chi connectivity index (χ0) is 27.7. The molecule has 4 aromatic rings. The summed E-state index contributed by atoms with van der Waals surface area (Å²) < 4.78 is 1.35. The number of hydrogen-bond acceptors (Lipinski definition) is 4. The lowest BCUT2D eigenvalue weighted by molar-refractivity contribution is 0.102. The summed E-state index contributed by atoms with van der Waals surface area (Å²) in [5.41, 5.74) is 2.90. The highest BCUT2D eigenvalue weighted by atomic mass is 35.5. The monoisotopic (exact) mass is 602 g/mol. The van der Waals surface area contributed by atoms with E-state index in [2.05, 4.69) is 15.7 Å². The quantitative estimate of drug-likeness (QED) is 0.207. The Hall–Kier alpha value is -3.23. The van der Waals surface area contributed by atoms with Crippen LogP contribution >= 0.6 is 46.4 Å². The molecule has 5 rings (SSSR count). The SMILES string of the molecule is O=C(Nc1ccc(-c2cc(C3CCC3)n(C(=O)NCc3ccc(Cl)c(Cl)c3)n2)c(O)c1)c1c(Cl)cccc1Cl. The van der Waals surface area contributed by atoms with Crippen LogP contribution in [0, 0.1) is 0 Å². The number of aromatic hydroxyl groups is 1. The number of aromatic nitrogens is 2. The molecule has 3 N–H and O–H groups in total. The Bertz CT molecular complexity index is 1560. The van der Waals surface area contributed by atoms with Gasteiger partial charge in [-0.25, -0.2) is 4.79 Å². The zero-order valence-corrected chi connectivity index (χ0v) is 23.4. The van der Waals surface area contributed by atoms with Gasteiger partial charge in [0.1, 0.15) is 5.75 Å². The molecule has 1 aromatic heterocycles. The van der Waals surface area contributed by atoms with E-state index in [-0.39, 0.29) is 33.8 Å². The summed E-state index contributed by atoms with van der Waals surface area (Å²) in [6.07, 6.45) is 2.98. The molecule has 7 nitrogen and oxygen atoms in total. The van der Waals surface area contributed by atoms with Gasteiger partial charge >= 0.3 is 6.03 Å². The van der Waals surface area contributed by atoms with Gasteiger partial charge in [-0.2, -0.15) is 9.78 Å². The van der Waals surface area contributed by atoms with Crippen LogP contribution < -0.4 is 10.6 Å². The summed E-state index contributed by atoms with van der Waals surface area (Å²) in [4.78, 5) is 25.9. The third-order valence-corrected chi connectivity index (χ3v) is 7.97. The standard InChI is InChI=1S/C28H22Cl4N4O3/c29-19-10-7-15(11-22(19)32)14-33-28(39)36-24(16-3-1-4-16)13-23(35-36)18-9-8-17(12-25(18)37)34-27(38)26-20(30)5-2-6-21(26)31/h2,5-13,16,37H,1,3-4,14H2,(H,33,39)(H,34,38). The number of nitrogens with zero attached hydrogens (tertiary/aromatic N) is 2. The third-order valence-electron chi connectivity index (χ3n) is 6.60. The lowest BCUT2D eigenvalue weighted by Gasteiger charge is -2.25. The Labute approximate surface area is 244 Å². The van der Waals surface area contributed by atoms with Crippen LogP contribution in [0.1, 0.15) is 46.8 Å². The maximum Gasteiger partial charge on any atom is 0.342 e. The number of anilines is 1.